The van der Waals surface area contributed by atoms with Gasteiger partial charge < -0.3 is 15.2 Å². The van der Waals surface area contributed by atoms with Gasteiger partial charge in [-0.15, -0.1) is 0 Å². The average molecular weight is 277 g/mol. The molecule has 0 aliphatic heterocycles. The molecule has 0 aliphatic rings. The summed E-state index contributed by atoms with van der Waals surface area (Å²) in [5.74, 6) is 0.534. The van der Waals surface area contributed by atoms with Crippen molar-refractivity contribution in [2.45, 2.75) is 26.8 Å². The normalized spacial score (nSPS) is 10.8. The van der Waals surface area contributed by atoms with Crippen molar-refractivity contribution in [2.24, 2.45) is 7.05 Å². The fourth-order valence-electron chi connectivity index (χ4n) is 2.10. The van der Waals surface area contributed by atoms with Crippen molar-refractivity contribution < 1.29 is 9.32 Å². The minimum Gasteiger partial charge on any atom is -0.395 e. The number of hydrogen-bond donors (Lipinski definition) is 1. The lowest BCUT2D eigenvalue weighted by Crippen LogP contribution is -2.28. The summed E-state index contributed by atoms with van der Waals surface area (Å²) >= 11 is 0. The molecule has 2 rings (SSSR count). The maximum atomic E-state index is 12.5. The number of hydrogen-bond acceptors (Lipinski definition) is 5. The van der Waals surface area contributed by atoms with Crippen LogP contribution in [0.25, 0.3) is 0 Å². The van der Waals surface area contributed by atoms with E-state index in [9.17, 15) is 4.79 Å². The number of carbonyl (C=O) groups is 1. The lowest BCUT2D eigenvalue weighted by molar-refractivity contribution is 0.0772. The molecule has 2 heterocycles. The van der Waals surface area contributed by atoms with Gasteiger partial charge in [0.25, 0.3) is 5.91 Å². The zero-order valence-electron chi connectivity index (χ0n) is 12.2. The van der Waals surface area contributed by atoms with E-state index in [0.717, 1.165) is 5.69 Å². The molecular formula is C13H19N5O2. The van der Waals surface area contributed by atoms with Crippen molar-refractivity contribution in [1.82, 2.24) is 19.8 Å². The van der Waals surface area contributed by atoms with Crippen molar-refractivity contribution in [3.63, 3.8) is 0 Å². The van der Waals surface area contributed by atoms with E-state index in [1.807, 2.05) is 13.8 Å². The summed E-state index contributed by atoms with van der Waals surface area (Å²) in [6.07, 6.45) is 0.694. The summed E-state index contributed by atoms with van der Waals surface area (Å²) in [5.41, 5.74) is 8.28. The number of anilines is 1. The van der Waals surface area contributed by atoms with E-state index >= 15 is 0 Å². The lowest BCUT2D eigenvalue weighted by atomic mass is 10.2. The molecule has 0 unspecified atom stereocenters. The Morgan fingerprint density at radius 1 is 1.55 bits per heavy atom. The molecule has 0 saturated heterocycles. The minimum absolute atomic E-state index is 0.183. The highest BCUT2D eigenvalue weighted by atomic mass is 16.5. The number of nitrogens with two attached hydrogens (primary N) is 1. The standard InChI is InChI=1S/C13H19N5O2/c1-5-10-11(14)12(18(4)15-10)13(19)17(3)7-9-6-8(2)20-16-9/h6H,5,7,14H2,1-4H3. The molecule has 0 aliphatic carbocycles. The highest BCUT2D eigenvalue weighted by molar-refractivity contribution is 5.97. The highest BCUT2D eigenvalue weighted by Crippen LogP contribution is 2.19. The van der Waals surface area contributed by atoms with Gasteiger partial charge in [-0.1, -0.05) is 12.1 Å². The Morgan fingerprint density at radius 3 is 2.75 bits per heavy atom. The van der Waals surface area contributed by atoms with E-state index in [1.54, 1.807) is 25.1 Å². The molecule has 1 amide bonds. The number of nitrogens with zero attached hydrogens (tertiary/aromatic N) is 4. The molecular weight excluding hydrogens is 258 g/mol. The van der Waals surface area contributed by atoms with Crippen LogP contribution in [0.2, 0.25) is 0 Å². The molecule has 7 nitrogen and oxygen atoms in total. The molecule has 20 heavy (non-hydrogen) atoms. The molecule has 0 radical (unpaired) electrons. The molecule has 0 bridgehead atoms. The molecule has 0 spiro atoms. The lowest BCUT2D eigenvalue weighted by Gasteiger charge is -2.15. The summed E-state index contributed by atoms with van der Waals surface area (Å²) < 4.78 is 6.52. The van der Waals surface area contributed by atoms with E-state index in [2.05, 4.69) is 10.3 Å². The SMILES string of the molecule is CCc1nn(C)c(C(=O)N(C)Cc2cc(C)on2)c1N. The van der Waals surface area contributed by atoms with E-state index in [-0.39, 0.29) is 5.91 Å². The molecule has 0 fully saturated rings. The van der Waals surface area contributed by atoms with Crippen molar-refractivity contribution >= 4 is 11.6 Å². The molecule has 0 atom stereocenters. The van der Waals surface area contributed by atoms with Crippen LogP contribution in [0.1, 0.15) is 34.6 Å². The predicted molar refractivity (Wildman–Crippen MR) is 74.0 cm³/mol. The monoisotopic (exact) mass is 277 g/mol. The maximum Gasteiger partial charge on any atom is 0.274 e. The van der Waals surface area contributed by atoms with Crippen LogP contribution in [-0.4, -0.2) is 32.8 Å². The molecule has 0 saturated carbocycles. The predicted octanol–water partition coefficient (Wildman–Crippen LogP) is 1.13. The highest BCUT2D eigenvalue weighted by Gasteiger charge is 2.22. The van der Waals surface area contributed by atoms with E-state index < -0.39 is 0 Å². The summed E-state index contributed by atoms with van der Waals surface area (Å²) in [6, 6.07) is 1.80. The summed E-state index contributed by atoms with van der Waals surface area (Å²) in [4.78, 5) is 14.0. The Kier molecular flexibility index (Phi) is 3.78. The number of aryl methyl sites for hydroxylation is 3. The number of amides is 1. The summed E-state index contributed by atoms with van der Waals surface area (Å²) in [6.45, 7) is 4.13. The fourth-order valence-corrected chi connectivity index (χ4v) is 2.10. The van der Waals surface area contributed by atoms with Crippen molar-refractivity contribution in [3.8, 4) is 0 Å². The van der Waals surface area contributed by atoms with Crippen LogP contribution >= 0.6 is 0 Å². The average Bonchev–Trinajstić information content (AvgIpc) is 2.92. The van der Waals surface area contributed by atoms with Crippen molar-refractivity contribution in [1.29, 1.82) is 0 Å². The number of carbonyl (C=O) groups excluding carboxylic acids is 1. The van der Waals surface area contributed by atoms with E-state index in [4.69, 9.17) is 10.3 Å². The van der Waals surface area contributed by atoms with E-state index in [1.165, 1.54) is 4.68 Å². The number of rotatable bonds is 4. The Balaban J connectivity index is 2.20. The largest absolute Gasteiger partial charge is 0.395 e. The van der Waals surface area contributed by atoms with Gasteiger partial charge in [-0.05, 0) is 13.3 Å². The number of aromatic nitrogens is 3. The maximum absolute atomic E-state index is 12.5. The second-order valence-electron chi connectivity index (χ2n) is 4.78. The van der Waals surface area contributed by atoms with Gasteiger partial charge in [0.1, 0.15) is 17.1 Å². The van der Waals surface area contributed by atoms with Crippen LogP contribution in [0.4, 0.5) is 5.69 Å². The Hall–Kier alpha value is -2.31. The molecule has 2 aromatic rings. The quantitative estimate of drug-likeness (QED) is 0.904. The third kappa shape index (κ3) is 2.52. The van der Waals surface area contributed by atoms with Crippen LogP contribution in [0.15, 0.2) is 10.6 Å². The van der Waals surface area contributed by atoms with Crippen LogP contribution in [0, 0.1) is 6.92 Å². The van der Waals surface area contributed by atoms with Gasteiger partial charge in [0.05, 0.1) is 17.9 Å². The Labute approximate surface area is 117 Å². The first-order chi connectivity index (χ1) is 9.43. The van der Waals surface area contributed by atoms with Gasteiger partial charge in [-0.25, -0.2) is 0 Å². The summed E-state index contributed by atoms with van der Waals surface area (Å²) in [5, 5.41) is 8.13. The van der Waals surface area contributed by atoms with Crippen LogP contribution in [0.3, 0.4) is 0 Å². The smallest absolute Gasteiger partial charge is 0.274 e. The van der Waals surface area contributed by atoms with Gasteiger partial charge in [-0.3, -0.25) is 9.48 Å². The first-order valence-corrected chi connectivity index (χ1v) is 6.43. The van der Waals surface area contributed by atoms with Crippen molar-refractivity contribution in [2.75, 3.05) is 12.8 Å². The molecule has 0 aromatic carbocycles. The summed E-state index contributed by atoms with van der Waals surface area (Å²) in [7, 11) is 3.42. The van der Waals surface area contributed by atoms with Crippen LogP contribution in [-0.2, 0) is 20.0 Å². The zero-order chi connectivity index (χ0) is 14.9. The molecule has 7 heteroatoms. The van der Waals surface area contributed by atoms with Crippen LogP contribution in [0.5, 0.6) is 0 Å². The van der Waals surface area contributed by atoms with Crippen LogP contribution < -0.4 is 5.73 Å². The van der Waals surface area contributed by atoms with Gasteiger partial charge >= 0.3 is 0 Å². The van der Waals surface area contributed by atoms with Gasteiger partial charge in [0.2, 0.25) is 0 Å². The molecule has 108 valence electrons. The Bertz CT molecular complexity index is 629. The van der Waals surface area contributed by atoms with Crippen molar-refractivity contribution in [3.05, 3.63) is 28.9 Å². The molecule has 2 N–H and O–H groups in total. The first kappa shape index (κ1) is 14.1. The topological polar surface area (TPSA) is 90.2 Å². The second-order valence-corrected chi connectivity index (χ2v) is 4.78. The van der Waals surface area contributed by atoms with Gasteiger partial charge in [0.15, 0.2) is 0 Å². The first-order valence-electron chi connectivity index (χ1n) is 6.43. The third-order valence-electron chi connectivity index (χ3n) is 3.12. The Morgan fingerprint density at radius 2 is 2.25 bits per heavy atom. The van der Waals surface area contributed by atoms with Gasteiger partial charge in [0, 0.05) is 20.2 Å². The second kappa shape index (κ2) is 5.36. The van der Waals surface area contributed by atoms with E-state index in [0.29, 0.717) is 35.8 Å². The minimum atomic E-state index is -0.183. The fraction of sp³-hybridized carbons (Fsp3) is 0.462. The molecule has 2 aromatic heterocycles. The number of nitrogen functional groups attached to an aromatic ring is 1. The third-order valence-corrected chi connectivity index (χ3v) is 3.12. The zero-order valence-corrected chi connectivity index (χ0v) is 12.2. The van der Waals surface area contributed by atoms with Gasteiger partial charge in [-0.2, -0.15) is 5.10 Å².